The summed E-state index contributed by atoms with van der Waals surface area (Å²) >= 11 is 0. The van der Waals surface area contributed by atoms with E-state index in [4.69, 9.17) is 24.3 Å². The van der Waals surface area contributed by atoms with Gasteiger partial charge in [-0.15, -0.1) is 0 Å². The molecule has 0 radical (unpaired) electrons. The van der Waals surface area contributed by atoms with Gasteiger partial charge in [-0.3, -0.25) is 13.9 Å². The Bertz CT molecular complexity index is 726. The highest BCUT2D eigenvalue weighted by Crippen LogP contribution is 2.48. The molecule has 28 heavy (non-hydrogen) atoms. The van der Waals surface area contributed by atoms with E-state index in [1.807, 2.05) is 4.90 Å². The van der Waals surface area contributed by atoms with Crippen molar-refractivity contribution in [3.8, 4) is 0 Å². The van der Waals surface area contributed by atoms with Crippen molar-refractivity contribution in [3.63, 3.8) is 0 Å². The Labute approximate surface area is 164 Å². The van der Waals surface area contributed by atoms with Crippen molar-refractivity contribution in [1.82, 2.24) is 9.97 Å². The summed E-state index contributed by atoms with van der Waals surface area (Å²) in [5.41, 5.74) is 5.81. The summed E-state index contributed by atoms with van der Waals surface area (Å²) in [4.78, 5) is 21.8. The van der Waals surface area contributed by atoms with Crippen molar-refractivity contribution in [3.05, 3.63) is 6.33 Å². The second-order valence-electron chi connectivity index (χ2n) is 7.05. The van der Waals surface area contributed by atoms with Crippen molar-refractivity contribution < 1.29 is 27.9 Å². The number of esters is 1. The molecule has 0 fully saturated rings. The molecule has 1 aromatic heterocycles. The zero-order valence-corrected chi connectivity index (χ0v) is 17.5. The van der Waals surface area contributed by atoms with Crippen LogP contribution in [0.4, 0.5) is 17.3 Å². The molecule has 1 unspecified atom stereocenters. The number of fused-ring (bicyclic) bond motifs is 1. The second kappa shape index (κ2) is 9.51. The fraction of sp³-hybridized carbons (Fsp3) is 0.688. The van der Waals surface area contributed by atoms with E-state index in [0.29, 0.717) is 30.5 Å². The Hall–Kier alpha value is -1.94. The van der Waals surface area contributed by atoms with Crippen LogP contribution in [0.15, 0.2) is 6.33 Å². The van der Waals surface area contributed by atoms with E-state index in [1.165, 1.54) is 6.33 Å². The number of carbonyl (C=O) groups excluding carboxylic acids is 1. The van der Waals surface area contributed by atoms with Gasteiger partial charge in [-0.25, -0.2) is 9.97 Å². The number of nitrogens with zero attached hydrogens (tertiary/aromatic N) is 3. The number of hydrogen-bond acceptors (Lipinski definition) is 11. The lowest BCUT2D eigenvalue weighted by Gasteiger charge is -2.21. The SMILES string of the molecule is CCOP(=O)(COCCN1CNc2c(N)ncnc21)OCOC(=O)C(C)(C)C. The fourth-order valence-corrected chi connectivity index (χ4v) is 3.45. The summed E-state index contributed by atoms with van der Waals surface area (Å²) in [6.07, 6.45) is 1.14. The predicted molar refractivity (Wildman–Crippen MR) is 104 cm³/mol. The van der Waals surface area contributed by atoms with Crippen LogP contribution in [-0.4, -0.2) is 55.5 Å². The number of anilines is 3. The van der Waals surface area contributed by atoms with Gasteiger partial charge in [0, 0.05) is 6.54 Å². The van der Waals surface area contributed by atoms with Gasteiger partial charge in [0.1, 0.15) is 18.4 Å². The van der Waals surface area contributed by atoms with Crippen LogP contribution in [0, 0.1) is 5.41 Å². The highest BCUT2D eigenvalue weighted by molar-refractivity contribution is 7.53. The van der Waals surface area contributed by atoms with Crippen LogP contribution >= 0.6 is 7.60 Å². The van der Waals surface area contributed by atoms with Gasteiger partial charge in [0.15, 0.2) is 11.6 Å². The van der Waals surface area contributed by atoms with Crippen molar-refractivity contribution in [2.24, 2.45) is 5.41 Å². The number of nitrogen functional groups attached to an aromatic ring is 1. The molecule has 0 aromatic carbocycles. The van der Waals surface area contributed by atoms with E-state index < -0.39 is 25.8 Å². The Balaban J connectivity index is 1.78. The molecule has 1 atom stereocenters. The maximum Gasteiger partial charge on any atom is 0.358 e. The Kier molecular flexibility index (Phi) is 7.59. The summed E-state index contributed by atoms with van der Waals surface area (Å²) in [5.74, 6) is 0.611. The van der Waals surface area contributed by atoms with Gasteiger partial charge in [-0.05, 0) is 27.7 Å². The molecule has 1 aromatic rings. The molecule has 0 saturated heterocycles. The first kappa shape index (κ1) is 22.4. The smallest absolute Gasteiger partial charge is 0.358 e. The van der Waals surface area contributed by atoms with Crippen LogP contribution in [0.2, 0.25) is 0 Å². The van der Waals surface area contributed by atoms with Gasteiger partial charge < -0.3 is 29.9 Å². The van der Waals surface area contributed by atoms with Gasteiger partial charge in [0.05, 0.1) is 25.3 Å². The molecule has 0 saturated carbocycles. The average molecular weight is 417 g/mol. The molecule has 0 bridgehead atoms. The Morgan fingerprint density at radius 2 is 2.11 bits per heavy atom. The molecule has 3 N–H and O–H groups in total. The third-order valence-electron chi connectivity index (χ3n) is 3.74. The molecule has 2 heterocycles. The van der Waals surface area contributed by atoms with Gasteiger partial charge >= 0.3 is 13.6 Å². The predicted octanol–water partition coefficient (Wildman–Crippen LogP) is 2.02. The number of hydrogen-bond donors (Lipinski definition) is 2. The molecule has 2 rings (SSSR count). The summed E-state index contributed by atoms with van der Waals surface area (Å²) in [6, 6.07) is 0. The molecule has 158 valence electrons. The van der Waals surface area contributed by atoms with Crippen molar-refractivity contribution in [1.29, 1.82) is 0 Å². The molecule has 1 aliphatic rings. The quantitative estimate of drug-likeness (QED) is 0.250. The first-order valence-electron chi connectivity index (χ1n) is 8.88. The number of carbonyl (C=O) groups is 1. The number of nitrogens with one attached hydrogen (secondary N) is 1. The highest BCUT2D eigenvalue weighted by Gasteiger charge is 2.28. The average Bonchev–Trinajstić information content (AvgIpc) is 3.03. The molecule has 1 aliphatic heterocycles. The topological polar surface area (TPSA) is 138 Å². The largest absolute Gasteiger partial charge is 0.438 e. The highest BCUT2D eigenvalue weighted by atomic mass is 31.2. The minimum atomic E-state index is -3.54. The molecule has 11 nitrogen and oxygen atoms in total. The van der Waals surface area contributed by atoms with Crippen molar-refractivity contribution in [2.45, 2.75) is 27.7 Å². The molecule has 0 amide bonds. The van der Waals surface area contributed by atoms with E-state index in [-0.39, 0.29) is 19.6 Å². The van der Waals surface area contributed by atoms with E-state index >= 15 is 0 Å². The number of aromatic nitrogens is 2. The van der Waals surface area contributed by atoms with Crippen molar-refractivity contribution >= 4 is 30.9 Å². The lowest BCUT2D eigenvalue weighted by molar-refractivity contribution is -0.160. The normalized spacial score (nSPS) is 15.6. The first-order valence-corrected chi connectivity index (χ1v) is 10.6. The zero-order chi connectivity index (χ0) is 20.8. The van der Waals surface area contributed by atoms with Gasteiger partial charge in [0.25, 0.3) is 0 Å². The maximum atomic E-state index is 12.7. The number of nitrogens with two attached hydrogens (primary N) is 1. The molecule has 12 heteroatoms. The minimum Gasteiger partial charge on any atom is -0.438 e. The van der Waals surface area contributed by atoms with Gasteiger partial charge in [-0.2, -0.15) is 0 Å². The Morgan fingerprint density at radius 3 is 2.79 bits per heavy atom. The summed E-state index contributed by atoms with van der Waals surface area (Å²) in [7, 11) is -3.54. The Morgan fingerprint density at radius 1 is 1.36 bits per heavy atom. The summed E-state index contributed by atoms with van der Waals surface area (Å²) in [6.45, 7) is 7.80. The minimum absolute atomic E-state index is 0.174. The van der Waals surface area contributed by atoms with Crippen LogP contribution in [0.3, 0.4) is 0 Å². The van der Waals surface area contributed by atoms with E-state index in [2.05, 4.69) is 15.3 Å². The van der Waals surface area contributed by atoms with Gasteiger partial charge in [0.2, 0.25) is 6.79 Å². The first-order chi connectivity index (χ1) is 13.2. The van der Waals surface area contributed by atoms with Crippen LogP contribution in [-0.2, 0) is 27.9 Å². The van der Waals surface area contributed by atoms with Crippen LogP contribution < -0.4 is 16.0 Å². The second-order valence-corrected chi connectivity index (χ2v) is 9.05. The number of ether oxygens (including phenoxy) is 2. The lowest BCUT2D eigenvalue weighted by atomic mass is 9.98. The van der Waals surface area contributed by atoms with Crippen LogP contribution in [0.1, 0.15) is 27.7 Å². The lowest BCUT2D eigenvalue weighted by Crippen LogP contribution is -2.28. The maximum absolute atomic E-state index is 12.7. The molecular formula is C16H28N5O6P. The van der Waals surface area contributed by atoms with Crippen LogP contribution in [0.25, 0.3) is 0 Å². The van der Waals surface area contributed by atoms with Gasteiger partial charge in [-0.1, -0.05) is 0 Å². The summed E-state index contributed by atoms with van der Waals surface area (Å²) < 4.78 is 33.5. The fourth-order valence-electron chi connectivity index (χ4n) is 2.27. The molecular weight excluding hydrogens is 389 g/mol. The third-order valence-corrected chi connectivity index (χ3v) is 5.38. The van der Waals surface area contributed by atoms with Crippen LogP contribution in [0.5, 0.6) is 0 Å². The monoisotopic (exact) mass is 417 g/mol. The van der Waals surface area contributed by atoms with Crippen molar-refractivity contribution in [2.75, 3.05) is 55.5 Å². The van der Waals surface area contributed by atoms with E-state index in [9.17, 15) is 9.36 Å². The molecule has 0 spiro atoms. The zero-order valence-electron chi connectivity index (χ0n) is 16.6. The standard InChI is InChI=1S/C16H28N5O6P/c1-5-26-28(23,27-10-25-15(22)16(2,3)4)11-24-7-6-21-9-20-12-13(17)18-8-19-14(12)21/h8,20H,5-7,9-11H2,1-4H3,(H2,17,18,19). The summed E-state index contributed by atoms with van der Waals surface area (Å²) in [5, 5.41) is 3.11. The third kappa shape index (κ3) is 6.03. The molecule has 0 aliphatic carbocycles. The number of rotatable bonds is 10. The van der Waals surface area contributed by atoms with E-state index in [1.54, 1.807) is 27.7 Å². The van der Waals surface area contributed by atoms with E-state index in [0.717, 1.165) is 0 Å².